The van der Waals surface area contributed by atoms with E-state index in [4.69, 9.17) is 10.5 Å². The Hall–Kier alpha value is -1.71. The van der Waals surface area contributed by atoms with Gasteiger partial charge in [-0.1, -0.05) is 19.3 Å². The van der Waals surface area contributed by atoms with E-state index in [1.54, 1.807) is 6.07 Å². The molecular formula is C15H22N2O2. The lowest BCUT2D eigenvalue weighted by atomic mass is 9.83. The first-order valence-corrected chi connectivity index (χ1v) is 6.84. The predicted molar refractivity (Wildman–Crippen MR) is 77.4 cm³/mol. The average Bonchev–Trinajstić information content (AvgIpc) is 2.35. The zero-order chi connectivity index (χ0) is 13.8. The average molecular weight is 262 g/mol. The van der Waals surface area contributed by atoms with E-state index in [0.717, 1.165) is 23.7 Å². The van der Waals surface area contributed by atoms with Gasteiger partial charge in [-0.25, -0.2) is 4.79 Å². The number of hydrogen-bond acceptors (Lipinski definition) is 4. The minimum absolute atomic E-state index is 0.386. The van der Waals surface area contributed by atoms with Gasteiger partial charge in [-0.05, 0) is 37.0 Å². The first-order valence-electron chi connectivity index (χ1n) is 6.84. The Bertz CT molecular complexity index is 467. The standard InChI is InChI=1S/C15H22N2O2/c1-10-8-12(17-7-6-11-4-3-5-11)9-13(14(10)16)15(18)19-2/h8-9,11,17H,3-7,16H2,1-2H3. The number of aryl methyl sites for hydroxylation is 1. The van der Waals surface area contributed by atoms with E-state index in [0.29, 0.717) is 11.3 Å². The number of nitrogen functional groups attached to an aromatic ring is 1. The van der Waals surface area contributed by atoms with Crippen molar-refractivity contribution in [2.75, 3.05) is 24.7 Å². The van der Waals surface area contributed by atoms with Crippen LogP contribution in [0.4, 0.5) is 11.4 Å². The number of carbonyl (C=O) groups excluding carboxylic acids is 1. The number of nitrogens with one attached hydrogen (secondary N) is 1. The molecule has 0 aromatic heterocycles. The third kappa shape index (κ3) is 3.19. The van der Waals surface area contributed by atoms with Crippen molar-refractivity contribution in [3.8, 4) is 0 Å². The molecule has 0 amide bonds. The van der Waals surface area contributed by atoms with Gasteiger partial charge in [-0.3, -0.25) is 0 Å². The second kappa shape index (κ2) is 5.95. The molecule has 0 heterocycles. The lowest BCUT2D eigenvalue weighted by molar-refractivity contribution is 0.0602. The van der Waals surface area contributed by atoms with Gasteiger partial charge in [0, 0.05) is 17.9 Å². The summed E-state index contributed by atoms with van der Waals surface area (Å²) in [5.41, 5.74) is 8.68. The minimum Gasteiger partial charge on any atom is -0.465 e. The van der Waals surface area contributed by atoms with Crippen LogP contribution in [0.25, 0.3) is 0 Å². The van der Waals surface area contributed by atoms with Gasteiger partial charge in [-0.2, -0.15) is 0 Å². The van der Waals surface area contributed by atoms with Crippen molar-refractivity contribution in [1.29, 1.82) is 0 Å². The Morgan fingerprint density at radius 1 is 1.47 bits per heavy atom. The van der Waals surface area contributed by atoms with Crippen molar-refractivity contribution >= 4 is 17.3 Å². The van der Waals surface area contributed by atoms with Crippen molar-refractivity contribution in [3.05, 3.63) is 23.3 Å². The summed E-state index contributed by atoms with van der Waals surface area (Å²) >= 11 is 0. The molecule has 1 aliphatic rings. The smallest absolute Gasteiger partial charge is 0.340 e. The van der Waals surface area contributed by atoms with Crippen molar-refractivity contribution < 1.29 is 9.53 Å². The van der Waals surface area contributed by atoms with Gasteiger partial charge in [0.25, 0.3) is 0 Å². The molecule has 1 aromatic rings. The Morgan fingerprint density at radius 3 is 2.79 bits per heavy atom. The lowest BCUT2D eigenvalue weighted by Gasteiger charge is -2.25. The summed E-state index contributed by atoms with van der Waals surface area (Å²) in [6.45, 7) is 2.84. The van der Waals surface area contributed by atoms with E-state index in [-0.39, 0.29) is 5.97 Å². The molecule has 19 heavy (non-hydrogen) atoms. The highest BCUT2D eigenvalue weighted by Crippen LogP contribution is 2.29. The van der Waals surface area contributed by atoms with Gasteiger partial charge in [0.2, 0.25) is 0 Å². The van der Waals surface area contributed by atoms with Crippen LogP contribution in [0.1, 0.15) is 41.6 Å². The molecule has 1 fully saturated rings. The largest absolute Gasteiger partial charge is 0.465 e. The van der Waals surface area contributed by atoms with Crippen molar-refractivity contribution in [3.63, 3.8) is 0 Å². The minimum atomic E-state index is -0.386. The summed E-state index contributed by atoms with van der Waals surface area (Å²) in [6, 6.07) is 3.75. The highest BCUT2D eigenvalue weighted by molar-refractivity contribution is 5.97. The van der Waals surface area contributed by atoms with Crippen LogP contribution in [-0.2, 0) is 4.74 Å². The molecule has 1 aromatic carbocycles. The topological polar surface area (TPSA) is 64.3 Å². The zero-order valence-electron chi connectivity index (χ0n) is 11.7. The SMILES string of the molecule is COC(=O)c1cc(NCCC2CCC2)cc(C)c1N. The zero-order valence-corrected chi connectivity index (χ0v) is 11.7. The molecule has 0 atom stereocenters. The van der Waals surface area contributed by atoms with Crippen LogP contribution in [-0.4, -0.2) is 19.6 Å². The maximum atomic E-state index is 11.6. The highest BCUT2D eigenvalue weighted by atomic mass is 16.5. The fourth-order valence-electron chi connectivity index (χ4n) is 2.38. The van der Waals surface area contributed by atoms with Crippen molar-refractivity contribution in [1.82, 2.24) is 0 Å². The molecule has 0 radical (unpaired) electrons. The molecule has 0 spiro atoms. The number of ether oxygens (including phenoxy) is 1. The van der Waals surface area contributed by atoms with Crippen LogP contribution in [0.3, 0.4) is 0 Å². The molecule has 2 rings (SSSR count). The first-order chi connectivity index (χ1) is 9.11. The Labute approximate surface area is 114 Å². The third-order valence-electron chi connectivity index (χ3n) is 3.90. The predicted octanol–water partition coefficient (Wildman–Crippen LogP) is 2.97. The Morgan fingerprint density at radius 2 is 2.21 bits per heavy atom. The van der Waals surface area contributed by atoms with Crippen LogP contribution in [0.15, 0.2) is 12.1 Å². The molecule has 3 N–H and O–H groups in total. The monoisotopic (exact) mass is 262 g/mol. The quantitative estimate of drug-likeness (QED) is 0.632. The highest BCUT2D eigenvalue weighted by Gasteiger charge is 2.17. The van der Waals surface area contributed by atoms with Gasteiger partial charge in [0.05, 0.1) is 12.7 Å². The van der Waals surface area contributed by atoms with E-state index >= 15 is 0 Å². The summed E-state index contributed by atoms with van der Waals surface area (Å²) in [5, 5.41) is 3.37. The summed E-state index contributed by atoms with van der Waals surface area (Å²) in [6.07, 6.45) is 5.28. The summed E-state index contributed by atoms with van der Waals surface area (Å²) in [5.74, 6) is 0.491. The van der Waals surface area contributed by atoms with Crippen LogP contribution < -0.4 is 11.1 Å². The molecule has 4 nitrogen and oxygen atoms in total. The van der Waals surface area contributed by atoms with E-state index in [9.17, 15) is 4.79 Å². The van der Waals surface area contributed by atoms with Gasteiger partial charge in [0.15, 0.2) is 0 Å². The molecule has 1 aliphatic carbocycles. The number of rotatable bonds is 5. The van der Waals surface area contributed by atoms with Crippen LogP contribution in [0.2, 0.25) is 0 Å². The number of benzene rings is 1. The molecule has 0 saturated heterocycles. The Kier molecular flexibility index (Phi) is 4.30. The molecule has 0 bridgehead atoms. The fraction of sp³-hybridized carbons (Fsp3) is 0.533. The number of esters is 1. The molecular weight excluding hydrogens is 240 g/mol. The van der Waals surface area contributed by atoms with Crippen LogP contribution in [0.5, 0.6) is 0 Å². The summed E-state index contributed by atoms with van der Waals surface area (Å²) < 4.78 is 4.75. The maximum Gasteiger partial charge on any atom is 0.340 e. The fourth-order valence-corrected chi connectivity index (χ4v) is 2.38. The number of nitrogens with two attached hydrogens (primary N) is 1. The van der Waals surface area contributed by atoms with Gasteiger partial charge in [-0.15, -0.1) is 0 Å². The molecule has 4 heteroatoms. The van der Waals surface area contributed by atoms with Crippen LogP contribution in [0, 0.1) is 12.8 Å². The normalized spacial score (nSPS) is 14.8. The van der Waals surface area contributed by atoms with Gasteiger partial charge in [0.1, 0.15) is 0 Å². The summed E-state index contributed by atoms with van der Waals surface area (Å²) in [7, 11) is 1.37. The first kappa shape index (κ1) is 13.7. The third-order valence-corrected chi connectivity index (χ3v) is 3.90. The number of anilines is 2. The summed E-state index contributed by atoms with van der Waals surface area (Å²) in [4.78, 5) is 11.6. The van der Waals surface area contributed by atoms with E-state index in [1.807, 2.05) is 13.0 Å². The molecule has 1 saturated carbocycles. The molecule has 104 valence electrons. The second-order valence-electron chi connectivity index (χ2n) is 5.26. The van der Waals surface area contributed by atoms with Crippen LogP contribution >= 0.6 is 0 Å². The number of carbonyl (C=O) groups is 1. The lowest BCUT2D eigenvalue weighted by Crippen LogP contribution is -2.16. The second-order valence-corrected chi connectivity index (χ2v) is 5.26. The Balaban J connectivity index is 2.03. The molecule has 0 aliphatic heterocycles. The van der Waals surface area contributed by atoms with E-state index in [1.165, 1.54) is 32.8 Å². The number of hydrogen-bond donors (Lipinski definition) is 2. The van der Waals surface area contributed by atoms with E-state index in [2.05, 4.69) is 5.32 Å². The molecule has 0 unspecified atom stereocenters. The van der Waals surface area contributed by atoms with Gasteiger partial charge >= 0.3 is 5.97 Å². The van der Waals surface area contributed by atoms with Crippen molar-refractivity contribution in [2.24, 2.45) is 5.92 Å². The van der Waals surface area contributed by atoms with Crippen molar-refractivity contribution in [2.45, 2.75) is 32.6 Å². The maximum absolute atomic E-state index is 11.6. The number of methoxy groups -OCH3 is 1. The van der Waals surface area contributed by atoms with E-state index < -0.39 is 0 Å². The van der Waals surface area contributed by atoms with Gasteiger partial charge < -0.3 is 15.8 Å².